The number of hydrogen-bond acceptors (Lipinski definition) is 3. The van der Waals surface area contributed by atoms with E-state index in [4.69, 9.17) is 0 Å². The number of nitrogens with one attached hydrogen (secondary N) is 1. The minimum Gasteiger partial charge on any atom is -0.372 e. The SMILES string of the molecule is CCc1nc2ccc(C)cn2c1C(=O)Nc1ccc(N2CCC(C)CC2)cc1. The van der Waals surface area contributed by atoms with E-state index in [1.165, 1.54) is 18.5 Å². The van der Waals surface area contributed by atoms with Crippen LogP contribution in [0.5, 0.6) is 0 Å². The molecule has 0 unspecified atom stereocenters. The number of imidazole rings is 1. The fraction of sp³-hybridized carbons (Fsp3) is 0.391. The number of piperidine rings is 1. The molecule has 5 heteroatoms. The van der Waals surface area contributed by atoms with Crippen molar-refractivity contribution >= 4 is 22.9 Å². The van der Waals surface area contributed by atoms with Crippen LogP contribution in [0.1, 0.15) is 48.4 Å². The van der Waals surface area contributed by atoms with E-state index in [-0.39, 0.29) is 5.91 Å². The second kappa shape index (κ2) is 7.66. The highest BCUT2D eigenvalue weighted by molar-refractivity contribution is 6.04. The largest absolute Gasteiger partial charge is 0.372 e. The molecule has 1 aliphatic heterocycles. The number of benzene rings is 1. The molecule has 146 valence electrons. The maximum absolute atomic E-state index is 13.0. The lowest BCUT2D eigenvalue weighted by Crippen LogP contribution is -2.32. The summed E-state index contributed by atoms with van der Waals surface area (Å²) in [6.07, 6.45) is 5.17. The topological polar surface area (TPSA) is 49.6 Å². The maximum atomic E-state index is 13.0. The highest BCUT2D eigenvalue weighted by Gasteiger charge is 2.19. The summed E-state index contributed by atoms with van der Waals surface area (Å²) in [6.45, 7) is 8.58. The standard InChI is InChI=1S/C23H28N4O/c1-4-20-22(27-15-17(3)5-10-21(27)25-20)23(28)24-18-6-8-19(9-7-18)26-13-11-16(2)12-14-26/h5-10,15-16H,4,11-14H2,1-3H3,(H,24,28). The van der Waals surface area contributed by atoms with Gasteiger partial charge in [-0.3, -0.25) is 9.20 Å². The second-order valence-corrected chi connectivity index (χ2v) is 7.87. The van der Waals surface area contributed by atoms with Crippen molar-refractivity contribution in [2.24, 2.45) is 5.92 Å². The molecular weight excluding hydrogens is 348 g/mol. The van der Waals surface area contributed by atoms with E-state index in [0.29, 0.717) is 5.69 Å². The molecule has 3 aromatic rings. The number of aromatic nitrogens is 2. The summed E-state index contributed by atoms with van der Waals surface area (Å²) in [5.41, 5.74) is 5.38. The average molecular weight is 377 g/mol. The third kappa shape index (κ3) is 3.61. The zero-order valence-corrected chi connectivity index (χ0v) is 16.9. The zero-order chi connectivity index (χ0) is 19.7. The molecule has 1 saturated heterocycles. The van der Waals surface area contributed by atoms with Gasteiger partial charge in [0.2, 0.25) is 0 Å². The first-order chi connectivity index (χ1) is 13.5. The molecule has 5 nitrogen and oxygen atoms in total. The third-order valence-corrected chi connectivity index (χ3v) is 5.66. The second-order valence-electron chi connectivity index (χ2n) is 7.87. The molecule has 1 amide bonds. The Balaban J connectivity index is 1.54. The van der Waals surface area contributed by atoms with E-state index < -0.39 is 0 Å². The molecule has 2 aromatic heterocycles. The fourth-order valence-corrected chi connectivity index (χ4v) is 3.90. The van der Waals surface area contributed by atoms with Crippen LogP contribution in [0.25, 0.3) is 5.65 Å². The highest BCUT2D eigenvalue weighted by atomic mass is 16.2. The summed E-state index contributed by atoms with van der Waals surface area (Å²) in [5, 5.41) is 3.05. The lowest BCUT2D eigenvalue weighted by molar-refractivity contribution is 0.102. The lowest BCUT2D eigenvalue weighted by Gasteiger charge is -2.32. The van der Waals surface area contributed by atoms with E-state index in [9.17, 15) is 4.79 Å². The van der Waals surface area contributed by atoms with Crippen LogP contribution < -0.4 is 10.2 Å². The van der Waals surface area contributed by atoms with E-state index in [1.54, 1.807) is 0 Å². The average Bonchev–Trinajstić information content (AvgIpc) is 3.07. The number of fused-ring (bicyclic) bond motifs is 1. The van der Waals surface area contributed by atoms with Gasteiger partial charge in [-0.25, -0.2) is 4.98 Å². The van der Waals surface area contributed by atoms with Gasteiger partial charge in [0.05, 0.1) is 5.69 Å². The van der Waals surface area contributed by atoms with Crippen molar-refractivity contribution in [2.75, 3.05) is 23.3 Å². The van der Waals surface area contributed by atoms with Crippen molar-refractivity contribution in [3.63, 3.8) is 0 Å². The van der Waals surface area contributed by atoms with Crippen molar-refractivity contribution < 1.29 is 4.79 Å². The number of carbonyl (C=O) groups is 1. The Morgan fingerprint density at radius 1 is 1.14 bits per heavy atom. The van der Waals surface area contributed by atoms with Crippen LogP contribution in [0.4, 0.5) is 11.4 Å². The van der Waals surface area contributed by atoms with Gasteiger partial charge in [0.1, 0.15) is 11.3 Å². The van der Waals surface area contributed by atoms with Gasteiger partial charge in [-0.2, -0.15) is 0 Å². The summed E-state index contributed by atoms with van der Waals surface area (Å²) in [6, 6.07) is 12.2. The molecule has 3 heterocycles. The Labute approximate surface area is 166 Å². The number of aryl methyl sites for hydroxylation is 2. The van der Waals surface area contributed by atoms with Gasteiger partial charge in [-0.15, -0.1) is 0 Å². The molecule has 0 aliphatic carbocycles. The van der Waals surface area contributed by atoms with Crippen LogP contribution >= 0.6 is 0 Å². The number of nitrogens with zero attached hydrogens (tertiary/aromatic N) is 3. The van der Waals surface area contributed by atoms with Crippen molar-refractivity contribution in [2.45, 2.75) is 40.0 Å². The highest BCUT2D eigenvalue weighted by Crippen LogP contribution is 2.25. The Kier molecular flexibility index (Phi) is 5.07. The minimum atomic E-state index is -0.116. The van der Waals surface area contributed by atoms with Gasteiger partial charge in [0, 0.05) is 30.7 Å². The summed E-state index contributed by atoms with van der Waals surface area (Å²) in [5.74, 6) is 0.700. The Morgan fingerprint density at radius 3 is 2.54 bits per heavy atom. The first-order valence-electron chi connectivity index (χ1n) is 10.2. The number of hydrogen-bond donors (Lipinski definition) is 1. The molecule has 1 aliphatic rings. The predicted octanol–water partition coefficient (Wildman–Crippen LogP) is 4.69. The number of rotatable bonds is 4. The van der Waals surface area contributed by atoms with Gasteiger partial charge in [-0.05, 0) is 68.0 Å². The maximum Gasteiger partial charge on any atom is 0.274 e. The molecule has 1 N–H and O–H groups in total. The van der Waals surface area contributed by atoms with Gasteiger partial charge in [0.25, 0.3) is 5.91 Å². The Morgan fingerprint density at radius 2 is 1.86 bits per heavy atom. The van der Waals surface area contributed by atoms with Crippen LogP contribution in [0.2, 0.25) is 0 Å². The summed E-state index contributed by atoms with van der Waals surface area (Å²) in [4.78, 5) is 20.1. The number of anilines is 2. The molecule has 1 aromatic carbocycles. The molecule has 0 atom stereocenters. The van der Waals surface area contributed by atoms with E-state index >= 15 is 0 Å². The lowest BCUT2D eigenvalue weighted by atomic mass is 9.99. The predicted molar refractivity (Wildman–Crippen MR) is 114 cm³/mol. The molecular formula is C23H28N4O. The van der Waals surface area contributed by atoms with E-state index in [0.717, 1.165) is 48.0 Å². The molecule has 0 spiro atoms. The van der Waals surface area contributed by atoms with Gasteiger partial charge < -0.3 is 10.2 Å². The Hall–Kier alpha value is -2.82. The third-order valence-electron chi connectivity index (χ3n) is 5.66. The summed E-state index contributed by atoms with van der Waals surface area (Å²) < 4.78 is 1.90. The molecule has 0 bridgehead atoms. The smallest absolute Gasteiger partial charge is 0.274 e. The number of carbonyl (C=O) groups excluding carboxylic acids is 1. The number of pyridine rings is 1. The summed E-state index contributed by atoms with van der Waals surface area (Å²) in [7, 11) is 0. The molecule has 28 heavy (non-hydrogen) atoms. The van der Waals surface area contributed by atoms with Crippen molar-refractivity contribution in [1.82, 2.24) is 9.38 Å². The van der Waals surface area contributed by atoms with Gasteiger partial charge in [0.15, 0.2) is 0 Å². The normalized spacial score (nSPS) is 15.2. The zero-order valence-electron chi connectivity index (χ0n) is 16.9. The van der Waals surface area contributed by atoms with Crippen LogP contribution in [-0.2, 0) is 6.42 Å². The molecule has 1 fully saturated rings. The van der Waals surface area contributed by atoms with Gasteiger partial charge >= 0.3 is 0 Å². The number of amides is 1. The summed E-state index contributed by atoms with van der Waals surface area (Å²) >= 11 is 0. The fourth-order valence-electron chi connectivity index (χ4n) is 3.90. The Bertz CT molecular complexity index is 982. The van der Waals surface area contributed by atoms with Crippen LogP contribution in [-0.4, -0.2) is 28.4 Å². The first kappa shape index (κ1) is 18.5. The minimum absolute atomic E-state index is 0.116. The van der Waals surface area contributed by atoms with Crippen LogP contribution in [0.3, 0.4) is 0 Å². The van der Waals surface area contributed by atoms with Gasteiger partial charge in [-0.1, -0.05) is 19.9 Å². The van der Waals surface area contributed by atoms with Crippen molar-refractivity contribution in [3.8, 4) is 0 Å². The molecule has 0 saturated carbocycles. The van der Waals surface area contributed by atoms with Crippen LogP contribution in [0, 0.1) is 12.8 Å². The molecule has 0 radical (unpaired) electrons. The quantitative estimate of drug-likeness (QED) is 0.718. The van der Waals surface area contributed by atoms with E-state index in [2.05, 4.69) is 34.3 Å². The van der Waals surface area contributed by atoms with Crippen molar-refractivity contribution in [1.29, 1.82) is 0 Å². The monoisotopic (exact) mass is 376 g/mol. The van der Waals surface area contributed by atoms with Crippen LogP contribution in [0.15, 0.2) is 42.6 Å². The molecule has 4 rings (SSSR count). The first-order valence-corrected chi connectivity index (χ1v) is 10.2. The van der Waals surface area contributed by atoms with E-state index in [1.807, 2.05) is 48.7 Å². The van der Waals surface area contributed by atoms with Crippen molar-refractivity contribution in [3.05, 3.63) is 59.5 Å².